The molecule has 0 spiro atoms. The number of fused-ring (bicyclic) bond motifs is 5. The van der Waals surface area contributed by atoms with E-state index in [1.807, 2.05) is 6.92 Å². The summed E-state index contributed by atoms with van der Waals surface area (Å²) < 4.78 is 11.1. The van der Waals surface area contributed by atoms with Crippen molar-refractivity contribution in [2.24, 2.45) is 34.5 Å². The van der Waals surface area contributed by atoms with E-state index in [0.29, 0.717) is 38.5 Å². The molecule has 2 N–H and O–H groups in total. The Morgan fingerprint density at radius 2 is 1.91 bits per heavy atom. The second-order valence-corrected chi connectivity index (χ2v) is 11.3. The van der Waals surface area contributed by atoms with Crippen LogP contribution in [0, 0.1) is 34.5 Å². The van der Waals surface area contributed by atoms with Gasteiger partial charge in [0.25, 0.3) is 0 Å². The summed E-state index contributed by atoms with van der Waals surface area (Å²) in [6, 6.07) is 0. The molecule has 3 saturated carbocycles. The van der Waals surface area contributed by atoms with E-state index in [1.165, 1.54) is 14.0 Å². The van der Waals surface area contributed by atoms with Gasteiger partial charge in [0.05, 0.1) is 18.6 Å². The molecule has 0 aromatic heterocycles. The first-order valence-electron chi connectivity index (χ1n) is 12.3. The molecule has 4 rings (SSSR count). The molecule has 8 heteroatoms. The van der Waals surface area contributed by atoms with Crippen LogP contribution in [-0.4, -0.2) is 52.7 Å². The normalized spacial score (nSPS) is 43.1. The van der Waals surface area contributed by atoms with Gasteiger partial charge in [-0.05, 0) is 61.9 Å². The van der Waals surface area contributed by atoms with E-state index in [1.54, 1.807) is 6.08 Å². The number of carbonyl (C=O) groups excluding carboxylic acids is 3. The van der Waals surface area contributed by atoms with Crippen molar-refractivity contribution in [2.75, 3.05) is 7.11 Å². The van der Waals surface area contributed by atoms with E-state index >= 15 is 0 Å². The fourth-order valence-electron chi connectivity index (χ4n) is 8.18. The Labute approximate surface area is 200 Å². The highest BCUT2D eigenvalue weighted by Gasteiger charge is 2.69. The van der Waals surface area contributed by atoms with Crippen molar-refractivity contribution in [1.82, 2.24) is 0 Å². The van der Waals surface area contributed by atoms with Crippen LogP contribution >= 0.6 is 0 Å². The van der Waals surface area contributed by atoms with Crippen LogP contribution in [-0.2, 0) is 28.7 Å². The molecule has 0 aromatic rings. The van der Waals surface area contributed by atoms with Crippen molar-refractivity contribution >= 4 is 23.7 Å². The molecule has 4 aliphatic rings. The van der Waals surface area contributed by atoms with Gasteiger partial charge >= 0.3 is 17.9 Å². The monoisotopic (exact) mass is 476 g/mol. The van der Waals surface area contributed by atoms with Crippen LogP contribution < -0.4 is 0 Å². The van der Waals surface area contributed by atoms with Crippen molar-refractivity contribution in [1.29, 1.82) is 0 Å². The zero-order valence-electron chi connectivity index (χ0n) is 20.5. The summed E-state index contributed by atoms with van der Waals surface area (Å²) in [5, 5.41) is 21.1. The Hall–Kier alpha value is -2.22. The van der Waals surface area contributed by atoms with E-state index in [0.717, 1.165) is 5.57 Å². The Bertz CT molecular complexity index is 939. The lowest BCUT2D eigenvalue weighted by molar-refractivity contribution is -0.205. The van der Waals surface area contributed by atoms with E-state index in [9.17, 15) is 29.4 Å². The molecule has 2 unspecified atom stereocenters. The summed E-state index contributed by atoms with van der Waals surface area (Å²) in [6.07, 6.45) is 3.98. The lowest BCUT2D eigenvalue weighted by Gasteiger charge is -2.62. The Kier molecular flexibility index (Phi) is 6.20. The largest absolute Gasteiger partial charge is 0.481 e. The number of ether oxygens (including phenoxy) is 2. The van der Waals surface area contributed by atoms with Gasteiger partial charge in [0.2, 0.25) is 0 Å². The van der Waals surface area contributed by atoms with Gasteiger partial charge in [-0.25, -0.2) is 0 Å². The number of carboxylic acids is 1. The third-order valence-electron chi connectivity index (χ3n) is 9.83. The van der Waals surface area contributed by atoms with Gasteiger partial charge in [0, 0.05) is 31.1 Å². The molecule has 0 bridgehead atoms. The molecule has 0 radical (unpaired) electrons. The van der Waals surface area contributed by atoms with Crippen molar-refractivity contribution in [3.05, 3.63) is 11.6 Å². The first kappa shape index (κ1) is 24.9. The molecule has 0 aromatic carbocycles. The van der Waals surface area contributed by atoms with E-state index in [2.05, 4.69) is 6.92 Å². The minimum absolute atomic E-state index is 0.0446. The lowest BCUT2D eigenvalue weighted by Crippen LogP contribution is -2.63. The Morgan fingerprint density at radius 1 is 1.21 bits per heavy atom. The fourth-order valence-corrected chi connectivity index (χ4v) is 8.18. The number of methoxy groups -OCH3 is 1. The van der Waals surface area contributed by atoms with Gasteiger partial charge < -0.3 is 19.7 Å². The van der Waals surface area contributed by atoms with Gasteiger partial charge in [-0.3, -0.25) is 19.2 Å². The number of aliphatic carboxylic acids is 1. The average Bonchev–Trinajstić information content (AvgIpc) is 3.02. The zero-order valence-corrected chi connectivity index (χ0v) is 20.5. The quantitative estimate of drug-likeness (QED) is 0.580. The highest BCUT2D eigenvalue weighted by molar-refractivity contribution is 5.92. The number of rotatable bonds is 5. The molecule has 0 amide bonds. The van der Waals surface area contributed by atoms with Gasteiger partial charge in [0.15, 0.2) is 5.78 Å². The van der Waals surface area contributed by atoms with Gasteiger partial charge in [-0.15, -0.1) is 0 Å². The number of hydrogen-bond donors (Lipinski definition) is 2. The Morgan fingerprint density at radius 3 is 2.53 bits per heavy atom. The molecule has 8 atom stereocenters. The number of allylic oxidation sites excluding steroid dienone is 1. The number of ketones is 1. The van der Waals surface area contributed by atoms with E-state index in [-0.39, 0.29) is 42.3 Å². The lowest BCUT2D eigenvalue weighted by atomic mass is 9.43. The van der Waals surface area contributed by atoms with E-state index < -0.39 is 40.4 Å². The van der Waals surface area contributed by atoms with Crippen LogP contribution in [0.25, 0.3) is 0 Å². The predicted molar refractivity (Wildman–Crippen MR) is 120 cm³/mol. The molecule has 0 aliphatic heterocycles. The molecular formula is C26H36O8. The number of aliphatic hydroxyl groups is 1. The number of carboxylic acid groups (broad SMARTS) is 1. The van der Waals surface area contributed by atoms with Gasteiger partial charge in [-0.1, -0.05) is 19.4 Å². The first-order chi connectivity index (χ1) is 15.9. The number of esters is 2. The van der Waals surface area contributed by atoms with Gasteiger partial charge in [0.1, 0.15) is 6.10 Å². The molecule has 8 nitrogen and oxygen atoms in total. The third kappa shape index (κ3) is 3.69. The van der Waals surface area contributed by atoms with Crippen molar-refractivity contribution < 1.29 is 38.9 Å². The van der Waals surface area contributed by atoms with Crippen LogP contribution in [0.15, 0.2) is 11.6 Å². The average molecular weight is 477 g/mol. The second-order valence-electron chi connectivity index (χ2n) is 11.3. The summed E-state index contributed by atoms with van der Waals surface area (Å²) in [5.74, 6) is -2.72. The maximum atomic E-state index is 13.1. The van der Waals surface area contributed by atoms with Crippen molar-refractivity contribution in [3.8, 4) is 0 Å². The third-order valence-corrected chi connectivity index (χ3v) is 9.83. The molecule has 34 heavy (non-hydrogen) atoms. The highest BCUT2D eigenvalue weighted by Crippen LogP contribution is 2.69. The fraction of sp³-hybridized carbons (Fsp3) is 0.769. The number of carbonyl (C=O) groups is 4. The standard InChI is InChI=1S/C26H36O8/c1-14(27)34-19-13-25(3)18(6-9-26(25,32)10-7-20(29)30)21-17(23(31)33-4)12-15-11-16(28)5-8-24(15,2)22(19)21/h11,17-19,21-22,32H,5-10,12-13H2,1-4H3,(H,29,30)/t17?,18-,19?,21-,22-,24-,25-,26-/m0/s1. The van der Waals surface area contributed by atoms with Crippen LogP contribution in [0.3, 0.4) is 0 Å². The smallest absolute Gasteiger partial charge is 0.309 e. The number of hydrogen-bond acceptors (Lipinski definition) is 7. The van der Waals surface area contributed by atoms with Crippen LogP contribution in [0.2, 0.25) is 0 Å². The van der Waals surface area contributed by atoms with Crippen LogP contribution in [0.4, 0.5) is 0 Å². The molecule has 188 valence electrons. The molecule has 0 heterocycles. The van der Waals surface area contributed by atoms with Crippen molar-refractivity contribution in [2.45, 2.75) is 83.8 Å². The maximum absolute atomic E-state index is 13.1. The summed E-state index contributed by atoms with van der Waals surface area (Å²) in [7, 11) is 1.36. The summed E-state index contributed by atoms with van der Waals surface area (Å²) in [6.45, 7) is 5.44. The SMILES string of the molecule is COC(=O)C1CC2=CC(=O)CC[C@]2(C)[C@H]2C(OC(C)=O)C[C@@]3(C)[C@@H](CC[C@]3(O)CCC(=O)O)[C@H]12. The summed E-state index contributed by atoms with van der Waals surface area (Å²) in [4.78, 5) is 49.0. The summed E-state index contributed by atoms with van der Waals surface area (Å²) >= 11 is 0. The zero-order chi connectivity index (χ0) is 25.1. The molecule has 3 fully saturated rings. The second kappa shape index (κ2) is 8.47. The molecule has 0 saturated heterocycles. The topological polar surface area (TPSA) is 127 Å². The predicted octanol–water partition coefficient (Wildman–Crippen LogP) is 3.05. The maximum Gasteiger partial charge on any atom is 0.309 e. The molecular weight excluding hydrogens is 440 g/mol. The first-order valence-corrected chi connectivity index (χ1v) is 12.3. The van der Waals surface area contributed by atoms with Gasteiger partial charge in [-0.2, -0.15) is 0 Å². The molecule has 4 aliphatic carbocycles. The van der Waals surface area contributed by atoms with Crippen LogP contribution in [0.5, 0.6) is 0 Å². The van der Waals surface area contributed by atoms with Crippen molar-refractivity contribution in [3.63, 3.8) is 0 Å². The Balaban J connectivity index is 1.85. The minimum Gasteiger partial charge on any atom is -0.481 e. The highest BCUT2D eigenvalue weighted by atomic mass is 16.5. The summed E-state index contributed by atoms with van der Waals surface area (Å²) in [5.41, 5.74) is -1.45. The minimum atomic E-state index is -1.24. The van der Waals surface area contributed by atoms with E-state index in [4.69, 9.17) is 9.47 Å². The van der Waals surface area contributed by atoms with Crippen LogP contribution in [0.1, 0.15) is 72.1 Å².